The number of benzene rings is 1. The van der Waals surface area contributed by atoms with Gasteiger partial charge in [0.2, 0.25) is 5.95 Å². The van der Waals surface area contributed by atoms with Gasteiger partial charge in [0, 0.05) is 43.7 Å². The van der Waals surface area contributed by atoms with Crippen LogP contribution < -0.4 is 16.0 Å². The van der Waals surface area contributed by atoms with E-state index in [1.54, 1.807) is 13.2 Å². The smallest absolute Gasteiger partial charge is 0.407 e. The monoisotopic (exact) mass is 538 g/mol. The normalized spacial score (nSPS) is 28.4. The molecule has 3 aliphatic carbocycles. The Bertz CT molecular complexity index is 1200. The van der Waals surface area contributed by atoms with Crippen LogP contribution >= 0.6 is 11.6 Å². The van der Waals surface area contributed by atoms with E-state index in [4.69, 9.17) is 21.1 Å². The topological polar surface area (TPSA) is 101 Å². The zero-order valence-electron chi connectivity index (χ0n) is 21.7. The first-order chi connectivity index (χ1) is 18.6. The zero-order chi connectivity index (χ0) is 26.1. The minimum absolute atomic E-state index is 0.102. The first-order valence-corrected chi connectivity index (χ1v) is 14.0. The van der Waals surface area contributed by atoms with Crippen LogP contribution in [0.1, 0.15) is 30.4 Å². The first-order valence-electron chi connectivity index (χ1n) is 13.6. The Labute approximate surface area is 228 Å². The highest BCUT2D eigenvalue weighted by molar-refractivity contribution is 6.32. The molecule has 3 N–H and O–H groups in total. The number of aromatic nitrogens is 2. The van der Waals surface area contributed by atoms with Crippen molar-refractivity contribution < 1.29 is 14.3 Å². The number of halogens is 1. The van der Waals surface area contributed by atoms with E-state index in [0.29, 0.717) is 22.8 Å². The summed E-state index contributed by atoms with van der Waals surface area (Å²) in [7, 11) is 1.57. The quantitative estimate of drug-likeness (QED) is 0.372. The van der Waals surface area contributed by atoms with E-state index < -0.39 is 6.09 Å². The summed E-state index contributed by atoms with van der Waals surface area (Å²) in [6.45, 7) is 3.76. The van der Waals surface area contributed by atoms with E-state index in [-0.39, 0.29) is 24.0 Å². The Morgan fingerprint density at radius 3 is 2.74 bits per heavy atom. The van der Waals surface area contributed by atoms with Crippen LogP contribution in [0.25, 0.3) is 0 Å². The Morgan fingerprint density at radius 1 is 1.13 bits per heavy atom. The third kappa shape index (κ3) is 5.32. The van der Waals surface area contributed by atoms with Crippen molar-refractivity contribution in [1.82, 2.24) is 20.2 Å². The minimum atomic E-state index is -0.432. The van der Waals surface area contributed by atoms with Crippen LogP contribution in [0, 0.1) is 11.8 Å². The number of carbonyl (C=O) groups is 1. The second-order valence-corrected chi connectivity index (χ2v) is 11.0. The summed E-state index contributed by atoms with van der Waals surface area (Å²) in [5, 5.41) is 9.79. The van der Waals surface area contributed by atoms with E-state index >= 15 is 0 Å². The number of hydrogen-bond acceptors (Lipinski definition) is 8. The molecule has 1 amide bonds. The molecule has 1 aromatic heterocycles. The van der Waals surface area contributed by atoms with E-state index in [1.807, 2.05) is 0 Å². The maximum Gasteiger partial charge on any atom is 0.407 e. The van der Waals surface area contributed by atoms with Crippen LogP contribution in [0.5, 0.6) is 0 Å². The maximum atomic E-state index is 11.9. The Hall–Kier alpha value is -2.88. The van der Waals surface area contributed by atoms with Crippen molar-refractivity contribution in [3.8, 4) is 0 Å². The van der Waals surface area contributed by atoms with Crippen molar-refractivity contribution in [3.63, 3.8) is 0 Å². The van der Waals surface area contributed by atoms with Gasteiger partial charge in [0.25, 0.3) is 0 Å². The molecule has 2 fully saturated rings. The van der Waals surface area contributed by atoms with Crippen LogP contribution in [0.2, 0.25) is 5.02 Å². The highest BCUT2D eigenvalue weighted by atomic mass is 35.5. The molecule has 5 atom stereocenters. The number of morpholine rings is 1. The Kier molecular flexibility index (Phi) is 7.41. The number of carbonyl (C=O) groups excluding carboxylic acids is 1. The fraction of sp³-hybridized carbons (Fsp3) is 0.536. The van der Waals surface area contributed by atoms with Crippen LogP contribution in [-0.4, -0.2) is 72.5 Å². The molecule has 6 rings (SSSR count). The largest absolute Gasteiger partial charge is 0.443 e. The van der Waals surface area contributed by atoms with Crippen molar-refractivity contribution in [2.75, 3.05) is 44.0 Å². The lowest BCUT2D eigenvalue weighted by Gasteiger charge is -2.33. The number of fused-ring (bicyclic) bond motifs is 3. The lowest BCUT2D eigenvalue weighted by Crippen LogP contribution is -2.43. The van der Waals surface area contributed by atoms with Crippen molar-refractivity contribution in [1.29, 1.82) is 0 Å². The summed E-state index contributed by atoms with van der Waals surface area (Å²) in [6, 6.07) is 7.09. The number of rotatable bonds is 6. The number of alkyl carbamates (subject to hydrolysis) is 1. The van der Waals surface area contributed by atoms with Gasteiger partial charge in [0.15, 0.2) is 5.82 Å². The number of hydrogen-bond donors (Lipinski definition) is 3. The van der Waals surface area contributed by atoms with Gasteiger partial charge in [-0.2, -0.15) is 4.98 Å². The molecule has 2 heterocycles. The molecule has 9 nitrogen and oxygen atoms in total. The summed E-state index contributed by atoms with van der Waals surface area (Å²) >= 11 is 6.49. The van der Waals surface area contributed by atoms with Crippen molar-refractivity contribution in [3.05, 3.63) is 52.7 Å². The summed E-state index contributed by atoms with van der Waals surface area (Å²) in [6.07, 6.45) is 10.7. The van der Waals surface area contributed by atoms with E-state index in [2.05, 4.69) is 61.2 Å². The number of ether oxygens (including phenoxy) is 2. The molecule has 1 saturated carbocycles. The molecule has 5 unspecified atom stereocenters. The van der Waals surface area contributed by atoms with E-state index in [1.165, 1.54) is 24.0 Å². The van der Waals surface area contributed by atoms with Gasteiger partial charge >= 0.3 is 6.09 Å². The number of anilines is 3. The summed E-state index contributed by atoms with van der Waals surface area (Å²) in [5.41, 5.74) is 3.78. The van der Waals surface area contributed by atoms with Gasteiger partial charge in [0.1, 0.15) is 11.1 Å². The van der Waals surface area contributed by atoms with Crippen molar-refractivity contribution in [2.24, 2.45) is 11.8 Å². The van der Waals surface area contributed by atoms with Gasteiger partial charge in [-0.15, -0.1) is 0 Å². The second-order valence-electron chi connectivity index (χ2n) is 10.6. The molecule has 4 aliphatic rings. The highest BCUT2D eigenvalue weighted by Crippen LogP contribution is 2.43. The van der Waals surface area contributed by atoms with E-state index in [0.717, 1.165) is 51.3 Å². The van der Waals surface area contributed by atoms with Crippen LogP contribution in [0.15, 0.2) is 36.5 Å². The molecule has 0 radical (unpaired) electrons. The number of nitrogens with zero attached hydrogens (tertiary/aromatic N) is 3. The number of aryl methyl sites for hydroxylation is 2. The summed E-state index contributed by atoms with van der Waals surface area (Å²) in [5.74, 6) is 1.45. The molecule has 2 aromatic rings. The standard InChI is InChI=1S/C28H35ClN6O3/c1-30-28(36)38-25-20-3-2-19(14-20)24(25)33-26-23(29)16-31-27(34-26)32-21-7-4-17-5-8-22(9-6-18(17)15-21)35-10-12-37-13-11-35/h2-4,7,15-16,19-20,22,24-25H,5-6,8-14H2,1H3,(H,30,36)(H2,31,32,33,34). The van der Waals surface area contributed by atoms with Gasteiger partial charge < -0.3 is 25.4 Å². The van der Waals surface area contributed by atoms with Crippen LogP contribution in [0.4, 0.5) is 22.2 Å². The van der Waals surface area contributed by atoms with Gasteiger partial charge in [-0.3, -0.25) is 4.90 Å². The average Bonchev–Trinajstić information content (AvgIpc) is 3.47. The van der Waals surface area contributed by atoms with Gasteiger partial charge in [-0.25, -0.2) is 9.78 Å². The zero-order valence-corrected chi connectivity index (χ0v) is 22.4. The molecule has 1 aromatic carbocycles. The maximum absolute atomic E-state index is 11.9. The molecule has 2 bridgehead atoms. The molecule has 10 heteroatoms. The third-order valence-corrected chi connectivity index (χ3v) is 8.68. The fourth-order valence-electron chi connectivity index (χ4n) is 6.40. The van der Waals surface area contributed by atoms with E-state index in [9.17, 15) is 4.79 Å². The summed E-state index contributed by atoms with van der Waals surface area (Å²) in [4.78, 5) is 23.6. The molecule has 0 spiro atoms. The second kappa shape index (κ2) is 11.1. The highest BCUT2D eigenvalue weighted by Gasteiger charge is 2.47. The van der Waals surface area contributed by atoms with Gasteiger partial charge in [0.05, 0.1) is 25.5 Å². The molecule has 202 valence electrons. The lowest BCUT2D eigenvalue weighted by molar-refractivity contribution is 0.0136. The Morgan fingerprint density at radius 2 is 1.92 bits per heavy atom. The predicted octanol–water partition coefficient (Wildman–Crippen LogP) is 4.16. The molecular weight excluding hydrogens is 504 g/mol. The first kappa shape index (κ1) is 25.4. The van der Waals surface area contributed by atoms with Crippen LogP contribution in [-0.2, 0) is 22.3 Å². The summed E-state index contributed by atoms with van der Waals surface area (Å²) < 4.78 is 11.2. The Balaban J connectivity index is 1.14. The van der Waals surface area contributed by atoms with Gasteiger partial charge in [-0.05, 0) is 55.4 Å². The van der Waals surface area contributed by atoms with Gasteiger partial charge in [-0.1, -0.05) is 29.8 Å². The third-order valence-electron chi connectivity index (χ3n) is 8.40. The molecule has 1 saturated heterocycles. The number of amides is 1. The lowest BCUT2D eigenvalue weighted by atomic mass is 9.98. The number of nitrogens with one attached hydrogen (secondary N) is 3. The van der Waals surface area contributed by atoms with Crippen molar-refractivity contribution in [2.45, 2.75) is 50.3 Å². The average molecular weight is 539 g/mol. The van der Waals surface area contributed by atoms with Crippen molar-refractivity contribution >= 4 is 35.1 Å². The van der Waals surface area contributed by atoms with Crippen LogP contribution in [0.3, 0.4) is 0 Å². The SMILES string of the molecule is CNC(=O)OC1C2C=CC(C2)C1Nc1nc(Nc2ccc3c(c2)CCC(N2CCOCC2)CC3)ncc1Cl. The minimum Gasteiger partial charge on any atom is -0.443 e. The molecular formula is C28H35ClN6O3. The predicted molar refractivity (Wildman–Crippen MR) is 147 cm³/mol. The molecule has 38 heavy (non-hydrogen) atoms. The fourth-order valence-corrected chi connectivity index (χ4v) is 6.55. The molecule has 1 aliphatic heterocycles.